The predicted molar refractivity (Wildman–Crippen MR) is 98.7 cm³/mol. The lowest BCUT2D eigenvalue weighted by Gasteiger charge is -2.17. The van der Waals surface area contributed by atoms with Gasteiger partial charge in [0, 0.05) is 31.9 Å². The first-order valence-electron chi connectivity index (χ1n) is 8.76. The second kappa shape index (κ2) is 7.66. The number of hydrogen-bond donors (Lipinski definition) is 2. The van der Waals surface area contributed by atoms with E-state index in [4.69, 9.17) is 0 Å². The van der Waals surface area contributed by atoms with Crippen LogP contribution in [-0.4, -0.2) is 35.4 Å². The average molecular weight is 339 g/mol. The molecule has 5 heteroatoms. The maximum absolute atomic E-state index is 12.1. The van der Waals surface area contributed by atoms with Crippen LogP contribution in [0.4, 0.5) is 0 Å². The fraction of sp³-hybridized carbons (Fsp3) is 0.400. The summed E-state index contributed by atoms with van der Waals surface area (Å²) in [4.78, 5) is 28.1. The van der Waals surface area contributed by atoms with Gasteiger partial charge < -0.3 is 10.3 Å². The number of benzene rings is 1. The number of nitrogens with zero attached hydrogens (tertiary/aromatic N) is 1. The van der Waals surface area contributed by atoms with Crippen molar-refractivity contribution < 1.29 is 4.79 Å². The lowest BCUT2D eigenvalue weighted by atomic mass is 10.1. The SMILES string of the molecule is Cc1ccc(CN2CCC(CNC(=O)c3ccc(=O)[nH]c3)C2)cc1C. The van der Waals surface area contributed by atoms with E-state index in [2.05, 4.69) is 47.2 Å². The highest BCUT2D eigenvalue weighted by atomic mass is 16.1. The van der Waals surface area contributed by atoms with Gasteiger partial charge in [0.2, 0.25) is 5.56 Å². The standard InChI is InChI=1S/C20H25N3O2/c1-14-3-4-16(9-15(14)2)12-23-8-7-17(13-23)10-22-20(25)18-5-6-19(24)21-11-18/h3-6,9,11,17H,7-8,10,12-13H2,1-2H3,(H,21,24)(H,22,25). The molecule has 1 aliphatic rings. The molecule has 0 spiro atoms. The molecule has 0 aliphatic carbocycles. The van der Waals surface area contributed by atoms with E-state index in [0.717, 1.165) is 26.1 Å². The van der Waals surface area contributed by atoms with Crippen LogP contribution in [0.3, 0.4) is 0 Å². The Labute approximate surface area is 148 Å². The number of pyridine rings is 1. The fourth-order valence-electron chi connectivity index (χ4n) is 3.27. The molecule has 0 bridgehead atoms. The molecule has 1 unspecified atom stereocenters. The third-order valence-corrected chi connectivity index (χ3v) is 4.95. The lowest BCUT2D eigenvalue weighted by Crippen LogP contribution is -2.31. The molecular formula is C20H25N3O2. The Balaban J connectivity index is 1.48. The van der Waals surface area contributed by atoms with Crippen molar-refractivity contribution in [2.45, 2.75) is 26.8 Å². The topological polar surface area (TPSA) is 65.2 Å². The molecule has 0 saturated carbocycles. The van der Waals surface area contributed by atoms with E-state index < -0.39 is 0 Å². The van der Waals surface area contributed by atoms with E-state index in [1.54, 1.807) is 6.07 Å². The van der Waals surface area contributed by atoms with Gasteiger partial charge >= 0.3 is 0 Å². The lowest BCUT2D eigenvalue weighted by molar-refractivity contribution is 0.0947. The number of likely N-dealkylation sites (tertiary alicyclic amines) is 1. The number of rotatable bonds is 5. The van der Waals surface area contributed by atoms with Crippen LogP contribution in [0.1, 0.15) is 33.5 Å². The van der Waals surface area contributed by atoms with Crippen LogP contribution in [0.25, 0.3) is 0 Å². The first-order chi connectivity index (χ1) is 12.0. The fourth-order valence-corrected chi connectivity index (χ4v) is 3.27. The number of H-pyrrole nitrogens is 1. The summed E-state index contributed by atoms with van der Waals surface area (Å²) in [5.74, 6) is 0.335. The molecule has 1 saturated heterocycles. The van der Waals surface area contributed by atoms with Crippen molar-refractivity contribution in [3.05, 3.63) is 69.1 Å². The first kappa shape index (κ1) is 17.4. The van der Waals surface area contributed by atoms with E-state index in [9.17, 15) is 9.59 Å². The number of nitrogens with one attached hydrogen (secondary N) is 2. The summed E-state index contributed by atoms with van der Waals surface area (Å²) in [6, 6.07) is 9.57. The number of aromatic nitrogens is 1. The second-order valence-electron chi connectivity index (χ2n) is 6.96. The molecule has 3 rings (SSSR count). The Hall–Kier alpha value is -2.40. The van der Waals surface area contributed by atoms with Crippen LogP contribution in [0.2, 0.25) is 0 Å². The Morgan fingerprint density at radius 3 is 2.80 bits per heavy atom. The highest BCUT2D eigenvalue weighted by Crippen LogP contribution is 2.19. The summed E-state index contributed by atoms with van der Waals surface area (Å²) in [6.07, 6.45) is 2.55. The second-order valence-corrected chi connectivity index (χ2v) is 6.96. The number of carbonyl (C=O) groups excluding carboxylic acids is 1. The summed E-state index contributed by atoms with van der Waals surface area (Å²) in [6.45, 7) is 7.98. The van der Waals surface area contributed by atoms with Crippen molar-refractivity contribution in [2.24, 2.45) is 5.92 Å². The molecule has 1 aromatic heterocycles. The van der Waals surface area contributed by atoms with Crippen molar-refractivity contribution in [1.82, 2.24) is 15.2 Å². The van der Waals surface area contributed by atoms with Gasteiger partial charge in [0.15, 0.2) is 0 Å². The van der Waals surface area contributed by atoms with E-state index in [-0.39, 0.29) is 11.5 Å². The third kappa shape index (κ3) is 4.57. The third-order valence-electron chi connectivity index (χ3n) is 4.95. The van der Waals surface area contributed by atoms with Crippen molar-refractivity contribution >= 4 is 5.91 Å². The van der Waals surface area contributed by atoms with Gasteiger partial charge in [-0.15, -0.1) is 0 Å². The Bertz CT molecular complexity index is 792. The molecule has 2 N–H and O–H groups in total. The van der Waals surface area contributed by atoms with Gasteiger partial charge in [-0.1, -0.05) is 18.2 Å². The molecule has 25 heavy (non-hydrogen) atoms. The van der Waals surface area contributed by atoms with Crippen molar-refractivity contribution in [2.75, 3.05) is 19.6 Å². The van der Waals surface area contributed by atoms with Gasteiger partial charge in [-0.25, -0.2) is 0 Å². The molecule has 0 radical (unpaired) electrons. The molecule has 1 fully saturated rings. The average Bonchev–Trinajstić information content (AvgIpc) is 3.04. The number of carbonyl (C=O) groups is 1. The molecule has 132 valence electrons. The zero-order valence-corrected chi connectivity index (χ0v) is 14.8. The van der Waals surface area contributed by atoms with Crippen LogP contribution in [-0.2, 0) is 6.54 Å². The predicted octanol–water partition coefficient (Wildman–Crippen LogP) is 2.24. The highest BCUT2D eigenvalue weighted by Gasteiger charge is 2.23. The van der Waals surface area contributed by atoms with Gasteiger partial charge in [-0.2, -0.15) is 0 Å². The van der Waals surface area contributed by atoms with Crippen LogP contribution in [0, 0.1) is 19.8 Å². The van der Waals surface area contributed by atoms with Gasteiger partial charge in [0.1, 0.15) is 0 Å². The Kier molecular flexibility index (Phi) is 5.34. The minimum Gasteiger partial charge on any atom is -0.352 e. The van der Waals surface area contributed by atoms with Gasteiger partial charge in [-0.05, 0) is 55.5 Å². The van der Waals surface area contributed by atoms with E-state index in [0.29, 0.717) is 18.0 Å². The van der Waals surface area contributed by atoms with Gasteiger partial charge in [0.25, 0.3) is 5.91 Å². The number of aromatic amines is 1. The van der Waals surface area contributed by atoms with E-state index in [1.165, 1.54) is 29.0 Å². The molecule has 1 aliphatic heterocycles. The maximum atomic E-state index is 12.1. The number of amides is 1. The molecule has 5 nitrogen and oxygen atoms in total. The summed E-state index contributed by atoms with van der Waals surface area (Å²) in [5.41, 5.74) is 4.30. The summed E-state index contributed by atoms with van der Waals surface area (Å²) in [5, 5.41) is 2.97. The van der Waals surface area contributed by atoms with Crippen molar-refractivity contribution in [3.8, 4) is 0 Å². The molecule has 2 aromatic rings. The largest absolute Gasteiger partial charge is 0.352 e. The maximum Gasteiger partial charge on any atom is 0.252 e. The molecule has 1 aromatic carbocycles. The zero-order valence-electron chi connectivity index (χ0n) is 14.8. The quantitative estimate of drug-likeness (QED) is 0.878. The molecule has 1 atom stereocenters. The van der Waals surface area contributed by atoms with Crippen LogP contribution < -0.4 is 10.9 Å². The van der Waals surface area contributed by atoms with Gasteiger partial charge in [-0.3, -0.25) is 14.5 Å². The Morgan fingerprint density at radius 2 is 2.08 bits per heavy atom. The summed E-state index contributed by atoms with van der Waals surface area (Å²) < 4.78 is 0. The summed E-state index contributed by atoms with van der Waals surface area (Å²) in [7, 11) is 0. The monoisotopic (exact) mass is 339 g/mol. The number of aryl methyl sites for hydroxylation is 2. The van der Waals surface area contributed by atoms with E-state index >= 15 is 0 Å². The van der Waals surface area contributed by atoms with Crippen LogP contribution in [0.15, 0.2) is 41.3 Å². The van der Waals surface area contributed by atoms with Crippen LogP contribution >= 0.6 is 0 Å². The summed E-state index contributed by atoms with van der Waals surface area (Å²) >= 11 is 0. The van der Waals surface area contributed by atoms with E-state index in [1.807, 2.05) is 0 Å². The minimum absolute atomic E-state index is 0.135. The van der Waals surface area contributed by atoms with Gasteiger partial charge in [0.05, 0.1) is 5.56 Å². The van der Waals surface area contributed by atoms with Crippen molar-refractivity contribution in [1.29, 1.82) is 0 Å². The molecule has 1 amide bonds. The van der Waals surface area contributed by atoms with Crippen molar-refractivity contribution in [3.63, 3.8) is 0 Å². The highest BCUT2D eigenvalue weighted by molar-refractivity contribution is 5.93. The smallest absolute Gasteiger partial charge is 0.252 e. The Morgan fingerprint density at radius 1 is 1.24 bits per heavy atom. The minimum atomic E-state index is -0.200. The van der Waals surface area contributed by atoms with Crippen LogP contribution in [0.5, 0.6) is 0 Å². The zero-order chi connectivity index (χ0) is 17.8. The first-order valence-corrected chi connectivity index (χ1v) is 8.76. The molecular weight excluding hydrogens is 314 g/mol. The molecule has 2 heterocycles. The normalized spacial score (nSPS) is 17.6. The number of hydrogen-bond acceptors (Lipinski definition) is 3.